The van der Waals surface area contributed by atoms with Crippen molar-refractivity contribution in [3.05, 3.63) is 53.9 Å². The van der Waals surface area contributed by atoms with Gasteiger partial charge in [-0.2, -0.15) is 0 Å². The van der Waals surface area contributed by atoms with Crippen molar-refractivity contribution >= 4 is 17.7 Å². The zero-order valence-corrected chi connectivity index (χ0v) is 13.9. The van der Waals surface area contributed by atoms with Gasteiger partial charge >= 0.3 is 0 Å². The maximum Gasteiger partial charge on any atom is 0.234 e. The highest BCUT2D eigenvalue weighted by molar-refractivity contribution is 8.00. The topological polar surface area (TPSA) is 51.7 Å². The number of pyridine rings is 1. The molecule has 0 aliphatic carbocycles. The van der Waals surface area contributed by atoms with Gasteiger partial charge in [-0.1, -0.05) is 12.1 Å². The van der Waals surface area contributed by atoms with Crippen LogP contribution in [0.4, 0.5) is 0 Å². The van der Waals surface area contributed by atoms with Crippen LogP contribution in [0.25, 0.3) is 0 Å². The molecule has 5 nitrogen and oxygen atoms in total. The summed E-state index contributed by atoms with van der Waals surface area (Å²) in [5.74, 6) is 1.99. The van der Waals surface area contributed by atoms with Gasteiger partial charge in [0.05, 0.1) is 37.8 Å². The molecule has 1 fully saturated rings. The molecule has 2 heterocycles. The molecule has 120 valence electrons. The van der Waals surface area contributed by atoms with Crippen LogP contribution in [0, 0.1) is 0 Å². The second-order valence-electron chi connectivity index (χ2n) is 5.08. The average Bonchev–Trinajstić information content (AvgIpc) is 2.95. The number of hydrogen-bond acceptors (Lipinski definition) is 5. The van der Waals surface area contributed by atoms with Crippen molar-refractivity contribution < 1.29 is 14.3 Å². The summed E-state index contributed by atoms with van der Waals surface area (Å²) in [5.41, 5.74) is 1.76. The van der Waals surface area contributed by atoms with Gasteiger partial charge in [-0.25, -0.2) is 0 Å². The lowest BCUT2D eigenvalue weighted by atomic mass is 10.1. The van der Waals surface area contributed by atoms with E-state index in [1.807, 2.05) is 41.3 Å². The Morgan fingerprint density at radius 2 is 1.91 bits per heavy atom. The zero-order chi connectivity index (χ0) is 16.2. The molecule has 2 aromatic rings. The van der Waals surface area contributed by atoms with E-state index in [9.17, 15) is 4.79 Å². The van der Waals surface area contributed by atoms with E-state index in [1.165, 1.54) is 0 Å². The smallest absolute Gasteiger partial charge is 0.234 e. The summed E-state index contributed by atoms with van der Waals surface area (Å²) < 4.78 is 11.0. The largest absolute Gasteiger partial charge is 0.496 e. The minimum Gasteiger partial charge on any atom is -0.496 e. The number of hydrogen-bond donors (Lipinski definition) is 0. The number of aromatic nitrogens is 1. The van der Waals surface area contributed by atoms with E-state index >= 15 is 0 Å². The number of carbonyl (C=O) groups excluding carboxylic acids is 1. The second kappa shape index (κ2) is 6.91. The van der Waals surface area contributed by atoms with Crippen molar-refractivity contribution in [2.45, 2.75) is 11.9 Å². The summed E-state index contributed by atoms with van der Waals surface area (Å²) in [5, 5.41) is -0.143. The molecule has 0 N–H and O–H groups in total. The van der Waals surface area contributed by atoms with Crippen LogP contribution in [0.15, 0.2) is 42.6 Å². The molecule has 0 spiro atoms. The molecular formula is C17H18N2O3S. The van der Waals surface area contributed by atoms with Crippen LogP contribution in [0.3, 0.4) is 0 Å². The third-order valence-corrected chi connectivity index (χ3v) is 4.96. The molecule has 1 atom stereocenters. The standard InChI is InChI=1S/C17H18N2O3S/c1-21-13-7-5-8-14(22-2)16(13)17-19(15(20)11-23-17)10-12-6-3-4-9-18-12/h3-9,17H,10-11H2,1-2H3. The molecular weight excluding hydrogens is 312 g/mol. The molecule has 1 amide bonds. The van der Waals surface area contributed by atoms with Crippen LogP contribution in [0.5, 0.6) is 11.5 Å². The first kappa shape index (κ1) is 15.7. The van der Waals surface area contributed by atoms with Crippen molar-refractivity contribution in [3.8, 4) is 11.5 Å². The van der Waals surface area contributed by atoms with E-state index in [4.69, 9.17) is 9.47 Å². The lowest BCUT2D eigenvalue weighted by Gasteiger charge is -2.26. The molecule has 1 unspecified atom stereocenters. The van der Waals surface area contributed by atoms with E-state index < -0.39 is 0 Å². The Morgan fingerprint density at radius 1 is 1.17 bits per heavy atom. The molecule has 1 aromatic heterocycles. The lowest BCUT2D eigenvalue weighted by molar-refractivity contribution is -0.128. The Balaban J connectivity index is 1.96. The third-order valence-electron chi connectivity index (χ3n) is 3.74. The maximum atomic E-state index is 12.4. The van der Waals surface area contributed by atoms with E-state index in [2.05, 4.69) is 4.98 Å². The van der Waals surface area contributed by atoms with Crippen molar-refractivity contribution in [1.82, 2.24) is 9.88 Å². The molecule has 1 aliphatic heterocycles. The first-order chi connectivity index (χ1) is 11.2. The van der Waals surface area contributed by atoms with Gasteiger partial charge in [0.25, 0.3) is 0 Å². The van der Waals surface area contributed by atoms with Gasteiger partial charge in [0.2, 0.25) is 5.91 Å². The number of rotatable bonds is 5. The Labute approximate surface area is 139 Å². The van der Waals surface area contributed by atoms with Crippen LogP contribution >= 0.6 is 11.8 Å². The average molecular weight is 330 g/mol. The first-order valence-corrected chi connectivity index (χ1v) is 8.31. The minimum atomic E-state index is -0.143. The van der Waals surface area contributed by atoms with Crippen molar-refractivity contribution in [2.24, 2.45) is 0 Å². The number of amides is 1. The van der Waals surface area contributed by atoms with Crippen molar-refractivity contribution in [2.75, 3.05) is 20.0 Å². The normalized spacial score (nSPS) is 17.4. The molecule has 0 saturated carbocycles. The highest BCUT2D eigenvalue weighted by atomic mass is 32.2. The van der Waals surface area contributed by atoms with E-state index in [1.54, 1.807) is 32.2 Å². The third kappa shape index (κ3) is 3.12. The van der Waals surface area contributed by atoms with Gasteiger partial charge in [-0.15, -0.1) is 11.8 Å². The Morgan fingerprint density at radius 3 is 2.52 bits per heavy atom. The molecule has 1 aliphatic rings. The summed E-state index contributed by atoms with van der Waals surface area (Å²) in [6.07, 6.45) is 1.74. The Kier molecular flexibility index (Phi) is 4.71. The molecule has 6 heteroatoms. The van der Waals surface area contributed by atoms with Gasteiger partial charge in [-0.05, 0) is 24.3 Å². The Bertz CT molecular complexity index is 671. The molecule has 1 aromatic carbocycles. The number of carbonyl (C=O) groups is 1. The van der Waals surface area contributed by atoms with E-state index in [0.717, 1.165) is 22.8 Å². The summed E-state index contributed by atoms with van der Waals surface area (Å²) in [6.45, 7) is 0.471. The SMILES string of the molecule is COc1cccc(OC)c1C1SCC(=O)N1Cc1ccccn1. The number of nitrogens with zero attached hydrogens (tertiary/aromatic N) is 2. The number of benzene rings is 1. The summed E-state index contributed by atoms with van der Waals surface area (Å²) in [4.78, 5) is 18.5. The van der Waals surface area contributed by atoms with Gasteiger partial charge < -0.3 is 14.4 Å². The minimum absolute atomic E-state index is 0.0959. The Hall–Kier alpha value is -2.21. The highest BCUT2D eigenvalue weighted by Gasteiger charge is 2.36. The van der Waals surface area contributed by atoms with E-state index in [0.29, 0.717) is 12.3 Å². The fraction of sp³-hybridized carbons (Fsp3) is 0.294. The predicted octanol–water partition coefficient (Wildman–Crippen LogP) is 2.87. The zero-order valence-electron chi connectivity index (χ0n) is 13.1. The van der Waals surface area contributed by atoms with E-state index in [-0.39, 0.29) is 11.3 Å². The number of ether oxygens (including phenoxy) is 2. The first-order valence-electron chi connectivity index (χ1n) is 7.26. The summed E-state index contributed by atoms with van der Waals surface area (Å²) >= 11 is 1.58. The van der Waals surface area contributed by atoms with Crippen molar-refractivity contribution in [3.63, 3.8) is 0 Å². The molecule has 3 rings (SSSR count). The quantitative estimate of drug-likeness (QED) is 0.844. The molecule has 23 heavy (non-hydrogen) atoms. The maximum absolute atomic E-state index is 12.4. The monoisotopic (exact) mass is 330 g/mol. The molecule has 1 saturated heterocycles. The fourth-order valence-corrected chi connectivity index (χ4v) is 3.89. The van der Waals surface area contributed by atoms with Crippen LogP contribution in [-0.2, 0) is 11.3 Å². The molecule has 0 radical (unpaired) electrons. The summed E-state index contributed by atoms with van der Waals surface area (Å²) in [7, 11) is 3.26. The van der Waals surface area contributed by atoms with Gasteiger partial charge in [0.15, 0.2) is 0 Å². The van der Waals surface area contributed by atoms with Crippen molar-refractivity contribution in [1.29, 1.82) is 0 Å². The van der Waals surface area contributed by atoms with Crippen LogP contribution < -0.4 is 9.47 Å². The number of methoxy groups -OCH3 is 2. The summed E-state index contributed by atoms with van der Waals surface area (Å²) in [6, 6.07) is 11.4. The van der Waals surface area contributed by atoms with Gasteiger partial charge in [-0.3, -0.25) is 9.78 Å². The van der Waals surface area contributed by atoms with Crippen LogP contribution in [0.2, 0.25) is 0 Å². The van der Waals surface area contributed by atoms with Crippen LogP contribution in [-0.4, -0.2) is 35.8 Å². The number of thioether (sulfide) groups is 1. The lowest BCUT2D eigenvalue weighted by Crippen LogP contribution is -2.28. The second-order valence-corrected chi connectivity index (χ2v) is 6.15. The predicted molar refractivity (Wildman–Crippen MR) is 89.5 cm³/mol. The van der Waals surface area contributed by atoms with Crippen LogP contribution in [0.1, 0.15) is 16.6 Å². The highest BCUT2D eigenvalue weighted by Crippen LogP contribution is 2.47. The van der Waals surface area contributed by atoms with Gasteiger partial charge in [0.1, 0.15) is 16.9 Å². The fourth-order valence-electron chi connectivity index (χ4n) is 2.65. The van der Waals surface area contributed by atoms with Gasteiger partial charge in [0, 0.05) is 6.20 Å². The molecule has 0 bridgehead atoms.